The number of aromatic nitrogens is 5. The minimum Gasteiger partial charge on any atom is -0.367 e. The smallest absolute Gasteiger partial charge is 0.243 e. The van der Waals surface area contributed by atoms with E-state index >= 15 is 4.39 Å². The Bertz CT molecular complexity index is 1690. The normalized spacial score (nSPS) is 13.5. The topological polar surface area (TPSA) is 141 Å². The number of rotatable bonds is 12. The highest BCUT2D eigenvalue weighted by Crippen LogP contribution is 2.30. The van der Waals surface area contributed by atoms with Crippen LogP contribution in [0, 0.1) is 18.6 Å². The third-order valence-corrected chi connectivity index (χ3v) is 8.11. The maximum atomic E-state index is 15.0. The molecule has 4 heterocycles. The average Bonchev–Trinajstić information content (AvgIpc) is 3.40. The lowest BCUT2D eigenvalue weighted by molar-refractivity contribution is -0.132. The molecule has 5 rings (SSSR count). The van der Waals surface area contributed by atoms with Gasteiger partial charge in [0.25, 0.3) is 0 Å². The van der Waals surface area contributed by atoms with Gasteiger partial charge in [0.2, 0.25) is 17.8 Å². The zero-order chi connectivity index (χ0) is 32.8. The van der Waals surface area contributed by atoms with Crippen LogP contribution < -0.4 is 15.7 Å². The third-order valence-electron chi connectivity index (χ3n) is 8.11. The van der Waals surface area contributed by atoms with Crippen LogP contribution in [0.1, 0.15) is 64.2 Å². The molecule has 46 heavy (non-hydrogen) atoms. The first-order valence-electron chi connectivity index (χ1n) is 15.5. The molecule has 0 aliphatic carbocycles. The van der Waals surface area contributed by atoms with Crippen molar-refractivity contribution in [3.8, 4) is 11.3 Å². The Morgan fingerprint density at radius 3 is 2.35 bits per heavy atom. The quantitative estimate of drug-likeness (QED) is 0.108. The molecule has 14 heteroatoms. The van der Waals surface area contributed by atoms with E-state index in [1.54, 1.807) is 23.8 Å². The first-order valence-corrected chi connectivity index (χ1v) is 15.5. The number of carbonyl (C=O) groups excluding carboxylic acids is 2. The van der Waals surface area contributed by atoms with E-state index in [9.17, 15) is 14.0 Å². The second-order valence-electron chi connectivity index (χ2n) is 11.7. The Labute approximate surface area is 265 Å². The van der Waals surface area contributed by atoms with E-state index < -0.39 is 11.6 Å². The predicted octanol–water partition coefficient (Wildman–Crippen LogP) is 5.29. The molecule has 12 nitrogen and oxygen atoms in total. The number of piperazine rings is 1. The summed E-state index contributed by atoms with van der Waals surface area (Å²) < 4.78 is 31.8. The summed E-state index contributed by atoms with van der Waals surface area (Å²) in [4.78, 5) is 44.9. The molecule has 0 radical (unpaired) electrons. The van der Waals surface area contributed by atoms with Crippen LogP contribution in [0.3, 0.4) is 0 Å². The van der Waals surface area contributed by atoms with Crippen molar-refractivity contribution in [2.45, 2.75) is 65.3 Å². The number of carbonyl (C=O) groups is 2. The van der Waals surface area contributed by atoms with Crippen LogP contribution in [0.4, 0.5) is 26.2 Å². The number of unbranched alkanes of at least 4 members (excludes halogenated alkanes) is 3. The van der Waals surface area contributed by atoms with Crippen LogP contribution in [-0.2, 0) is 9.59 Å². The fraction of sp³-hybridized carbons (Fsp3) is 0.438. The molecule has 1 aromatic carbocycles. The summed E-state index contributed by atoms with van der Waals surface area (Å²) in [5, 5.41) is 11.5. The average molecular weight is 636 g/mol. The van der Waals surface area contributed by atoms with E-state index in [1.165, 1.54) is 6.07 Å². The third kappa shape index (κ3) is 7.56. The Morgan fingerprint density at radius 1 is 0.935 bits per heavy atom. The van der Waals surface area contributed by atoms with E-state index in [0.717, 1.165) is 31.1 Å². The minimum atomic E-state index is -0.678. The number of benzene rings is 1. The number of imidazole rings is 1. The summed E-state index contributed by atoms with van der Waals surface area (Å²) in [5.74, 6) is -0.237. The van der Waals surface area contributed by atoms with Crippen molar-refractivity contribution >= 4 is 40.3 Å². The maximum Gasteiger partial charge on any atom is 0.243 e. The van der Waals surface area contributed by atoms with E-state index in [-0.39, 0.29) is 47.0 Å². The van der Waals surface area contributed by atoms with E-state index in [4.69, 9.17) is 5.21 Å². The van der Waals surface area contributed by atoms with Gasteiger partial charge >= 0.3 is 0 Å². The van der Waals surface area contributed by atoms with Gasteiger partial charge < -0.3 is 19.7 Å². The van der Waals surface area contributed by atoms with E-state index in [0.29, 0.717) is 56.2 Å². The number of hydrogen-bond acceptors (Lipinski definition) is 9. The van der Waals surface area contributed by atoms with Crippen LogP contribution in [0.25, 0.3) is 22.3 Å². The molecule has 4 aromatic rings. The predicted molar refractivity (Wildman–Crippen MR) is 170 cm³/mol. The molecule has 0 atom stereocenters. The zero-order valence-corrected chi connectivity index (χ0v) is 26.3. The molecule has 3 N–H and O–H groups in total. The fourth-order valence-corrected chi connectivity index (χ4v) is 5.79. The van der Waals surface area contributed by atoms with Gasteiger partial charge in [-0.1, -0.05) is 12.8 Å². The largest absolute Gasteiger partial charge is 0.367 e. The summed E-state index contributed by atoms with van der Waals surface area (Å²) in [5.41, 5.74) is 3.57. The van der Waals surface area contributed by atoms with Crippen LogP contribution in [0.15, 0.2) is 36.7 Å². The summed E-state index contributed by atoms with van der Waals surface area (Å²) in [6, 6.07) is 6.65. The molecular formula is C32H39F2N9O3. The number of aryl methyl sites for hydroxylation is 1. The lowest BCUT2D eigenvalue weighted by Gasteiger charge is -2.36. The van der Waals surface area contributed by atoms with E-state index in [2.05, 4.69) is 30.2 Å². The molecule has 2 amide bonds. The zero-order valence-electron chi connectivity index (χ0n) is 26.3. The Hall–Kier alpha value is -4.72. The summed E-state index contributed by atoms with van der Waals surface area (Å²) in [6.07, 6.45) is 6.68. The lowest BCUT2D eigenvalue weighted by atomic mass is 10.1. The fourth-order valence-electron chi connectivity index (χ4n) is 5.79. The number of amides is 2. The number of hydroxylamine groups is 1. The molecular weight excluding hydrogens is 596 g/mol. The second-order valence-corrected chi connectivity index (χ2v) is 11.7. The number of anilines is 3. The van der Waals surface area contributed by atoms with Gasteiger partial charge in [0, 0.05) is 50.6 Å². The molecule has 1 aliphatic heterocycles. The number of pyridine rings is 1. The van der Waals surface area contributed by atoms with Crippen molar-refractivity contribution < 1.29 is 23.6 Å². The molecule has 0 saturated carbocycles. The highest BCUT2D eigenvalue weighted by molar-refractivity contribution is 5.83. The van der Waals surface area contributed by atoms with Gasteiger partial charge in [-0.3, -0.25) is 14.8 Å². The molecule has 3 aromatic heterocycles. The standard InChI is InChI=1S/C32H39F2N9O3/c1-20(2)43-21(3)37-31-24(33)16-22(17-26(31)43)30-25(34)19-36-32(39-30)38-27-11-10-23(18-35-27)41-12-14-42(15-13-41)29(45)9-7-5-4-6-8-28(44)40-46/h10-11,16-20,46H,4-9,12-15H2,1-3H3,(H,40,44)(H,35,36,38,39). The minimum absolute atomic E-state index is 0.0374. The van der Waals surface area contributed by atoms with Gasteiger partial charge in [-0.2, -0.15) is 0 Å². The van der Waals surface area contributed by atoms with Crippen LogP contribution in [0.5, 0.6) is 0 Å². The highest BCUT2D eigenvalue weighted by atomic mass is 19.1. The molecule has 0 spiro atoms. The SMILES string of the molecule is Cc1nc2c(F)cc(-c3nc(Nc4ccc(N5CCN(C(=O)CCCCCCC(=O)NO)CC5)cn4)ncc3F)cc2n1C(C)C. The number of nitrogens with zero attached hydrogens (tertiary/aromatic N) is 7. The maximum absolute atomic E-state index is 15.0. The highest BCUT2D eigenvalue weighted by Gasteiger charge is 2.22. The van der Waals surface area contributed by atoms with Crippen LogP contribution >= 0.6 is 0 Å². The molecule has 0 bridgehead atoms. The van der Waals surface area contributed by atoms with Crippen LogP contribution in [0.2, 0.25) is 0 Å². The van der Waals surface area contributed by atoms with Crippen LogP contribution in [-0.4, -0.2) is 72.6 Å². The van der Waals surface area contributed by atoms with E-state index in [1.807, 2.05) is 36.3 Å². The van der Waals surface area contributed by atoms with Gasteiger partial charge in [-0.15, -0.1) is 0 Å². The number of hydrogen-bond donors (Lipinski definition) is 3. The van der Waals surface area contributed by atoms with Crippen molar-refractivity contribution in [3.05, 3.63) is 54.1 Å². The Morgan fingerprint density at radius 2 is 1.67 bits per heavy atom. The lowest BCUT2D eigenvalue weighted by Crippen LogP contribution is -2.48. The number of nitrogens with one attached hydrogen (secondary N) is 2. The Kier molecular flexibility index (Phi) is 10.4. The summed E-state index contributed by atoms with van der Waals surface area (Å²) in [6.45, 7) is 8.35. The number of fused-ring (bicyclic) bond motifs is 1. The van der Waals surface area contributed by atoms with Crippen molar-refractivity contribution in [2.75, 3.05) is 36.4 Å². The van der Waals surface area contributed by atoms with Crippen molar-refractivity contribution in [3.63, 3.8) is 0 Å². The summed E-state index contributed by atoms with van der Waals surface area (Å²) >= 11 is 0. The van der Waals surface area contributed by atoms with Gasteiger partial charge in [-0.25, -0.2) is 34.2 Å². The van der Waals surface area contributed by atoms with Gasteiger partial charge in [0.15, 0.2) is 11.6 Å². The number of halogens is 2. The van der Waals surface area contributed by atoms with Crippen molar-refractivity contribution in [2.24, 2.45) is 0 Å². The molecule has 244 valence electrons. The van der Waals surface area contributed by atoms with Gasteiger partial charge in [-0.05, 0) is 57.9 Å². The monoisotopic (exact) mass is 635 g/mol. The second kappa shape index (κ2) is 14.6. The molecule has 1 aliphatic rings. The van der Waals surface area contributed by atoms with Crippen molar-refractivity contribution in [1.29, 1.82) is 0 Å². The Balaban J connectivity index is 1.16. The van der Waals surface area contributed by atoms with Gasteiger partial charge in [0.1, 0.15) is 22.9 Å². The first kappa shape index (κ1) is 32.7. The van der Waals surface area contributed by atoms with Gasteiger partial charge in [0.05, 0.1) is 23.6 Å². The molecule has 1 saturated heterocycles. The van der Waals surface area contributed by atoms with Crippen molar-refractivity contribution in [1.82, 2.24) is 34.9 Å². The first-order chi connectivity index (χ1) is 22.1. The molecule has 1 fully saturated rings. The molecule has 0 unspecified atom stereocenters. The summed E-state index contributed by atoms with van der Waals surface area (Å²) in [7, 11) is 0.